The highest BCUT2D eigenvalue weighted by atomic mass is 79.9. The van der Waals surface area contributed by atoms with Gasteiger partial charge >= 0.3 is 0 Å². The van der Waals surface area contributed by atoms with Gasteiger partial charge in [0, 0.05) is 15.1 Å². The Kier molecular flexibility index (Phi) is 7.97. The Bertz CT molecular complexity index is 829. The number of rotatable bonds is 3. The van der Waals surface area contributed by atoms with Crippen molar-refractivity contribution < 1.29 is 10.2 Å². The van der Waals surface area contributed by atoms with Crippen LogP contribution in [0.15, 0.2) is 76.1 Å². The number of hydrogen-bond donors (Lipinski definition) is 2. The van der Waals surface area contributed by atoms with Gasteiger partial charge in [0.05, 0.1) is 10.0 Å². The minimum Gasteiger partial charge on any atom is -0.506 e. The maximum Gasteiger partial charge on any atom is 0.134 e. The molecule has 0 bridgehead atoms. The van der Waals surface area contributed by atoms with Crippen LogP contribution in [0.2, 0.25) is 10.0 Å². The maximum absolute atomic E-state index is 9.29. The van der Waals surface area contributed by atoms with E-state index in [1.54, 1.807) is 36.0 Å². The zero-order valence-electron chi connectivity index (χ0n) is 13.0. The maximum atomic E-state index is 9.29. The van der Waals surface area contributed by atoms with Crippen LogP contribution in [0.25, 0.3) is 0 Å². The predicted molar refractivity (Wildman–Crippen MR) is 110 cm³/mol. The predicted octanol–water partition coefficient (Wildman–Crippen LogP) is 7.15. The van der Waals surface area contributed by atoms with E-state index in [1.807, 2.05) is 24.3 Å². The highest BCUT2D eigenvalue weighted by Crippen LogP contribution is 2.30. The Labute approximate surface area is 169 Å². The molecule has 0 radical (unpaired) electrons. The van der Waals surface area contributed by atoms with E-state index in [0.717, 1.165) is 15.1 Å². The summed E-state index contributed by atoms with van der Waals surface area (Å²) in [7, 11) is 0. The lowest BCUT2D eigenvalue weighted by atomic mass is 10.2. The van der Waals surface area contributed by atoms with Crippen molar-refractivity contribution in [3.8, 4) is 11.5 Å². The van der Waals surface area contributed by atoms with Crippen molar-refractivity contribution in [1.82, 2.24) is 0 Å². The third kappa shape index (κ3) is 6.83. The molecule has 2 nitrogen and oxygen atoms in total. The summed E-state index contributed by atoms with van der Waals surface area (Å²) < 4.78 is 0.866. The van der Waals surface area contributed by atoms with E-state index in [4.69, 9.17) is 28.3 Å². The summed E-state index contributed by atoms with van der Waals surface area (Å²) in [5.74, 6) is 1.15. The average Bonchev–Trinajstić information content (AvgIpc) is 2.61. The Morgan fingerprint density at radius 3 is 1.96 bits per heavy atom. The molecule has 0 unspecified atom stereocenters. The summed E-state index contributed by atoms with van der Waals surface area (Å²) in [5.41, 5.74) is 1.27. The van der Waals surface area contributed by atoms with Crippen molar-refractivity contribution in [2.75, 3.05) is 0 Å². The molecule has 3 aromatic rings. The molecule has 0 heterocycles. The van der Waals surface area contributed by atoms with Crippen molar-refractivity contribution in [3.05, 3.63) is 86.8 Å². The molecule has 0 aliphatic rings. The van der Waals surface area contributed by atoms with Crippen LogP contribution < -0.4 is 0 Å². The topological polar surface area (TPSA) is 40.5 Å². The molecule has 0 amide bonds. The van der Waals surface area contributed by atoms with Crippen LogP contribution in [-0.4, -0.2) is 10.2 Å². The summed E-state index contributed by atoms with van der Waals surface area (Å²) in [6, 6.07) is 20.4. The molecule has 3 rings (SSSR count). The summed E-state index contributed by atoms with van der Waals surface area (Å²) in [4.78, 5) is 1.06. The van der Waals surface area contributed by atoms with Gasteiger partial charge in [-0.25, -0.2) is 0 Å². The fourth-order valence-corrected chi connectivity index (χ4v) is 3.61. The Hall–Kier alpha value is -1.33. The first-order valence-corrected chi connectivity index (χ1v) is 9.78. The smallest absolute Gasteiger partial charge is 0.134 e. The van der Waals surface area contributed by atoms with Crippen LogP contribution in [0.5, 0.6) is 11.5 Å². The van der Waals surface area contributed by atoms with Crippen molar-refractivity contribution >= 4 is 50.9 Å². The van der Waals surface area contributed by atoms with Crippen LogP contribution in [0.3, 0.4) is 0 Å². The number of aromatic hydroxyl groups is 2. The number of benzene rings is 3. The summed E-state index contributed by atoms with van der Waals surface area (Å²) in [6.45, 7) is 0. The Balaban J connectivity index is 0.000000212. The molecule has 3 aromatic carbocycles. The lowest BCUT2D eigenvalue weighted by molar-refractivity contribution is 0.474. The molecule has 0 saturated heterocycles. The highest BCUT2D eigenvalue weighted by Gasteiger charge is 2.01. The molecule has 0 aliphatic carbocycles. The molecule has 0 aliphatic heterocycles. The van der Waals surface area contributed by atoms with Gasteiger partial charge in [-0.15, -0.1) is 11.8 Å². The van der Waals surface area contributed by atoms with Gasteiger partial charge < -0.3 is 10.2 Å². The van der Waals surface area contributed by atoms with Gasteiger partial charge in [-0.1, -0.05) is 69.5 Å². The number of phenolic OH excluding ortho intramolecular Hbond substituents is 2. The van der Waals surface area contributed by atoms with Crippen LogP contribution in [0.1, 0.15) is 5.56 Å². The summed E-state index contributed by atoms with van der Waals surface area (Å²) in [5, 5.41) is 18.9. The summed E-state index contributed by atoms with van der Waals surface area (Å²) in [6.07, 6.45) is 0. The van der Waals surface area contributed by atoms with Gasteiger partial charge in [-0.2, -0.15) is 0 Å². The highest BCUT2D eigenvalue weighted by molar-refractivity contribution is 9.10. The average molecular weight is 458 g/mol. The van der Waals surface area contributed by atoms with E-state index in [0.29, 0.717) is 10.0 Å². The zero-order valence-corrected chi connectivity index (χ0v) is 16.9. The van der Waals surface area contributed by atoms with Gasteiger partial charge in [0.2, 0.25) is 0 Å². The normalized spacial score (nSPS) is 10.0. The first-order chi connectivity index (χ1) is 12.0. The molecule has 0 fully saturated rings. The van der Waals surface area contributed by atoms with Crippen molar-refractivity contribution in [2.45, 2.75) is 10.6 Å². The fourth-order valence-electron chi connectivity index (χ4n) is 1.80. The van der Waals surface area contributed by atoms with Crippen LogP contribution in [0.4, 0.5) is 0 Å². The lowest BCUT2D eigenvalue weighted by Crippen LogP contribution is -1.79. The van der Waals surface area contributed by atoms with Gasteiger partial charge in [-0.05, 0) is 42.0 Å². The van der Waals surface area contributed by atoms with Crippen LogP contribution in [0, 0.1) is 0 Å². The number of phenols is 2. The second-order valence-corrected chi connectivity index (χ2v) is 7.76. The minimum absolute atomic E-state index is 0.111. The lowest BCUT2D eigenvalue weighted by Gasteiger charge is -2.03. The minimum atomic E-state index is 0.111. The summed E-state index contributed by atoms with van der Waals surface area (Å²) >= 11 is 16.3. The van der Waals surface area contributed by atoms with Gasteiger partial charge in [0.1, 0.15) is 11.5 Å². The fraction of sp³-hybridized carbons (Fsp3) is 0.0526. The van der Waals surface area contributed by atoms with E-state index >= 15 is 0 Å². The van der Waals surface area contributed by atoms with Crippen molar-refractivity contribution in [3.63, 3.8) is 0 Å². The van der Waals surface area contributed by atoms with Crippen molar-refractivity contribution in [1.29, 1.82) is 0 Å². The quantitative estimate of drug-likeness (QED) is 0.410. The second kappa shape index (κ2) is 9.97. The molecule has 6 heteroatoms. The Morgan fingerprint density at radius 1 is 0.800 bits per heavy atom. The van der Waals surface area contributed by atoms with E-state index in [-0.39, 0.29) is 11.5 Å². The van der Waals surface area contributed by atoms with Crippen LogP contribution >= 0.6 is 50.9 Å². The third-order valence-corrected chi connectivity index (χ3v) is 5.24. The standard InChI is InChI=1S/C13H11ClOS.C6H4BrClO/c14-12-8-11(6-7-13(12)15)16-9-10-4-2-1-3-5-10;7-4-1-2-6(9)5(8)3-4/h1-8,15H,9H2;1-3,9H. The van der Waals surface area contributed by atoms with Gasteiger partial charge in [0.15, 0.2) is 0 Å². The first kappa shape index (κ1) is 20.0. The van der Waals surface area contributed by atoms with Gasteiger partial charge in [0.25, 0.3) is 0 Å². The molecule has 2 N–H and O–H groups in total. The van der Waals surface area contributed by atoms with E-state index < -0.39 is 0 Å². The van der Waals surface area contributed by atoms with E-state index in [2.05, 4.69) is 28.1 Å². The van der Waals surface area contributed by atoms with Crippen LogP contribution in [-0.2, 0) is 5.75 Å². The number of hydrogen-bond acceptors (Lipinski definition) is 3. The molecule has 0 aromatic heterocycles. The molecule has 130 valence electrons. The Morgan fingerprint density at radius 2 is 1.40 bits per heavy atom. The SMILES string of the molecule is Oc1ccc(Br)cc1Cl.Oc1ccc(SCc2ccccc2)cc1Cl. The third-order valence-electron chi connectivity index (χ3n) is 3.08. The van der Waals surface area contributed by atoms with E-state index in [9.17, 15) is 5.11 Å². The first-order valence-electron chi connectivity index (χ1n) is 7.25. The number of thioether (sulfide) groups is 1. The van der Waals surface area contributed by atoms with Gasteiger partial charge in [-0.3, -0.25) is 0 Å². The van der Waals surface area contributed by atoms with Crippen molar-refractivity contribution in [2.24, 2.45) is 0 Å². The molecular formula is C19H15BrCl2O2S. The monoisotopic (exact) mass is 456 g/mol. The molecule has 25 heavy (non-hydrogen) atoms. The second-order valence-electron chi connectivity index (χ2n) is 4.98. The molecule has 0 atom stereocenters. The van der Waals surface area contributed by atoms with E-state index in [1.165, 1.54) is 11.6 Å². The zero-order chi connectivity index (χ0) is 18.2. The number of halogens is 3. The largest absolute Gasteiger partial charge is 0.506 e. The molecule has 0 saturated carbocycles. The molecular weight excluding hydrogens is 443 g/mol. The molecule has 0 spiro atoms.